The van der Waals surface area contributed by atoms with Gasteiger partial charge in [-0.05, 0) is 50.1 Å². The Morgan fingerprint density at radius 1 is 1.22 bits per heavy atom. The Morgan fingerprint density at radius 3 is 2.74 bits per heavy atom. The van der Waals surface area contributed by atoms with Gasteiger partial charge < -0.3 is 9.30 Å². The fourth-order valence-corrected chi connectivity index (χ4v) is 2.93. The summed E-state index contributed by atoms with van der Waals surface area (Å²) >= 11 is 6.11. The summed E-state index contributed by atoms with van der Waals surface area (Å²) in [5.74, 6) is 1.83. The summed E-state index contributed by atoms with van der Waals surface area (Å²) in [6, 6.07) is 14.3. The van der Waals surface area contributed by atoms with Gasteiger partial charge in [0.15, 0.2) is 0 Å². The molecule has 2 aromatic carbocycles. The van der Waals surface area contributed by atoms with Gasteiger partial charge in [0.25, 0.3) is 0 Å². The number of halogens is 1. The van der Waals surface area contributed by atoms with Gasteiger partial charge >= 0.3 is 0 Å². The van der Waals surface area contributed by atoms with Gasteiger partial charge in [-0.2, -0.15) is 0 Å². The Morgan fingerprint density at radius 2 is 2.00 bits per heavy atom. The minimum atomic E-state index is 0.358. The average molecular weight is 329 g/mol. The second-order valence-corrected chi connectivity index (χ2v) is 6.28. The highest BCUT2D eigenvalue weighted by Gasteiger charge is 2.16. The summed E-state index contributed by atoms with van der Waals surface area (Å²) < 4.78 is 8.26. The van der Waals surface area contributed by atoms with E-state index in [-0.39, 0.29) is 0 Å². The molecule has 0 aliphatic heterocycles. The van der Waals surface area contributed by atoms with Crippen LogP contribution in [0.15, 0.2) is 42.5 Å². The van der Waals surface area contributed by atoms with Crippen LogP contribution in [0.4, 0.5) is 0 Å². The molecule has 0 saturated carbocycles. The molecule has 0 amide bonds. The molecule has 3 rings (SSSR count). The molecule has 0 aliphatic rings. The van der Waals surface area contributed by atoms with E-state index in [1.807, 2.05) is 49.4 Å². The lowest BCUT2D eigenvalue weighted by Gasteiger charge is -2.16. The maximum atomic E-state index is 6.11. The molecule has 120 valence electrons. The zero-order valence-corrected chi connectivity index (χ0v) is 14.5. The maximum absolute atomic E-state index is 6.11. The van der Waals surface area contributed by atoms with Crippen LogP contribution in [0, 0.1) is 6.92 Å². The minimum Gasteiger partial charge on any atom is -0.485 e. The zero-order chi connectivity index (χ0) is 16.4. The molecule has 0 saturated heterocycles. The first-order valence-corrected chi connectivity index (χ1v) is 8.32. The number of para-hydroxylation sites is 1. The molecule has 0 fully saturated rings. The van der Waals surface area contributed by atoms with Crippen molar-refractivity contribution in [3.63, 3.8) is 0 Å². The third-order valence-corrected chi connectivity index (χ3v) is 4.44. The third-order valence-electron chi connectivity index (χ3n) is 4.21. The van der Waals surface area contributed by atoms with E-state index in [1.54, 1.807) is 0 Å². The van der Waals surface area contributed by atoms with Crippen molar-refractivity contribution in [2.24, 2.45) is 0 Å². The second kappa shape index (κ2) is 6.63. The van der Waals surface area contributed by atoms with E-state index in [0.29, 0.717) is 17.7 Å². The predicted molar refractivity (Wildman–Crippen MR) is 95.3 cm³/mol. The van der Waals surface area contributed by atoms with Crippen molar-refractivity contribution in [1.29, 1.82) is 0 Å². The number of rotatable bonds is 5. The first kappa shape index (κ1) is 15.9. The Bertz CT molecular complexity index is 825. The normalized spacial score (nSPS) is 12.5. The first-order chi connectivity index (χ1) is 11.1. The predicted octanol–water partition coefficient (Wildman–Crippen LogP) is 5.55. The second-order valence-electron chi connectivity index (χ2n) is 5.84. The number of hydrogen-bond acceptors (Lipinski definition) is 2. The number of nitrogens with zero attached hydrogens (tertiary/aromatic N) is 2. The average Bonchev–Trinajstić information content (AvgIpc) is 2.90. The molecular weight excluding hydrogens is 308 g/mol. The molecule has 0 aliphatic carbocycles. The number of aromatic nitrogens is 2. The fraction of sp³-hybridized carbons (Fsp3) is 0.316. The SMILES string of the molecule is CCC(C)n1c(COc2ccccc2C)nc2cc(Cl)ccc21. The Labute approximate surface area is 141 Å². The number of fused-ring (bicyclic) bond motifs is 1. The van der Waals surface area contributed by atoms with Gasteiger partial charge in [0, 0.05) is 11.1 Å². The number of ether oxygens (including phenoxy) is 1. The highest BCUT2D eigenvalue weighted by Crippen LogP contribution is 2.26. The van der Waals surface area contributed by atoms with Gasteiger partial charge in [0.05, 0.1) is 11.0 Å². The lowest BCUT2D eigenvalue weighted by Crippen LogP contribution is -2.11. The molecular formula is C19H21ClN2O. The highest BCUT2D eigenvalue weighted by molar-refractivity contribution is 6.31. The Balaban J connectivity index is 1.97. The van der Waals surface area contributed by atoms with Gasteiger partial charge in [0.2, 0.25) is 0 Å². The van der Waals surface area contributed by atoms with Gasteiger partial charge in [0.1, 0.15) is 18.2 Å². The molecule has 4 heteroatoms. The lowest BCUT2D eigenvalue weighted by molar-refractivity contribution is 0.284. The molecule has 3 aromatic rings. The fourth-order valence-electron chi connectivity index (χ4n) is 2.76. The Hall–Kier alpha value is -2.00. The van der Waals surface area contributed by atoms with Crippen molar-refractivity contribution < 1.29 is 4.74 Å². The van der Waals surface area contributed by atoms with Crippen LogP contribution in [-0.2, 0) is 6.61 Å². The van der Waals surface area contributed by atoms with Gasteiger partial charge in [-0.15, -0.1) is 0 Å². The van der Waals surface area contributed by atoms with Crippen molar-refractivity contribution in [1.82, 2.24) is 9.55 Å². The van der Waals surface area contributed by atoms with E-state index < -0.39 is 0 Å². The van der Waals surface area contributed by atoms with Crippen LogP contribution >= 0.6 is 11.6 Å². The van der Waals surface area contributed by atoms with Gasteiger partial charge in [-0.3, -0.25) is 0 Å². The van der Waals surface area contributed by atoms with Crippen LogP contribution in [0.2, 0.25) is 5.02 Å². The maximum Gasteiger partial charge on any atom is 0.148 e. The molecule has 1 unspecified atom stereocenters. The molecule has 0 bridgehead atoms. The van der Waals surface area contributed by atoms with E-state index in [4.69, 9.17) is 21.3 Å². The monoisotopic (exact) mass is 328 g/mol. The third kappa shape index (κ3) is 3.20. The van der Waals surface area contributed by atoms with Crippen molar-refractivity contribution in [3.8, 4) is 5.75 Å². The smallest absolute Gasteiger partial charge is 0.148 e. The summed E-state index contributed by atoms with van der Waals surface area (Å²) in [6.07, 6.45) is 1.03. The molecule has 0 spiro atoms. The zero-order valence-electron chi connectivity index (χ0n) is 13.7. The summed E-state index contributed by atoms with van der Waals surface area (Å²) in [6.45, 7) is 6.87. The van der Waals surface area contributed by atoms with Crippen LogP contribution in [0.1, 0.15) is 37.7 Å². The molecule has 1 aromatic heterocycles. The van der Waals surface area contributed by atoms with E-state index in [2.05, 4.69) is 18.4 Å². The summed E-state index contributed by atoms with van der Waals surface area (Å²) in [5.41, 5.74) is 3.15. The molecule has 0 N–H and O–H groups in total. The first-order valence-electron chi connectivity index (χ1n) is 7.95. The van der Waals surface area contributed by atoms with Crippen LogP contribution < -0.4 is 4.74 Å². The van der Waals surface area contributed by atoms with E-state index in [1.165, 1.54) is 0 Å². The largest absolute Gasteiger partial charge is 0.485 e. The summed E-state index contributed by atoms with van der Waals surface area (Å²) in [5, 5.41) is 0.706. The number of hydrogen-bond donors (Lipinski definition) is 0. The van der Waals surface area contributed by atoms with Crippen LogP contribution in [0.5, 0.6) is 5.75 Å². The van der Waals surface area contributed by atoms with Gasteiger partial charge in [-0.25, -0.2) is 4.98 Å². The van der Waals surface area contributed by atoms with Crippen molar-refractivity contribution in [3.05, 3.63) is 58.9 Å². The molecule has 3 nitrogen and oxygen atoms in total. The van der Waals surface area contributed by atoms with E-state index >= 15 is 0 Å². The molecule has 1 atom stereocenters. The number of benzene rings is 2. The molecule has 1 heterocycles. The van der Waals surface area contributed by atoms with E-state index in [9.17, 15) is 0 Å². The summed E-state index contributed by atoms with van der Waals surface area (Å²) in [7, 11) is 0. The number of aryl methyl sites for hydroxylation is 1. The number of imidazole rings is 1. The van der Waals surface area contributed by atoms with Gasteiger partial charge in [-0.1, -0.05) is 36.7 Å². The van der Waals surface area contributed by atoms with Crippen molar-refractivity contribution >= 4 is 22.6 Å². The van der Waals surface area contributed by atoms with Crippen LogP contribution in [-0.4, -0.2) is 9.55 Å². The lowest BCUT2D eigenvalue weighted by atomic mass is 10.2. The van der Waals surface area contributed by atoms with Crippen LogP contribution in [0.25, 0.3) is 11.0 Å². The quantitative estimate of drug-likeness (QED) is 0.614. The molecule has 23 heavy (non-hydrogen) atoms. The van der Waals surface area contributed by atoms with E-state index in [0.717, 1.165) is 34.6 Å². The Kier molecular flexibility index (Phi) is 4.58. The van der Waals surface area contributed by atoms with Crippen molar-refractivity contribution in [2.75, 3.05) is 0 Å². The van der Waals surface area contributed by atoms with Crippen molar-refractivity contribution in [2.45, 2.75) is 39.8 Å². The summed E-state index contributed by atoms with van der Waals surface area (Å²) in [4.78, 5) is 4.74. The standard InChI is InChI=1S/C19H21ClN2O/c1-4-14(3)22-17-10-9-15(20)11-16(17)21-19(22)12-23-18-8-6-5-7-13(18)2/h5-11,14H,4,12H2,1-3H3. The van der Waals surface area contributed by atoms with Crippen LogP contribution in [0.3, 0.4) is 0 Å². The topological polar surface area (TPSA) is 27.1 Å². The minimum absolute atomic E-state index is 0.358. The highest BCUT2D eigenvalue weighted by atomic mass is 35.5. The molecule has 0 radical (unpaired) electrons.